The lowest BCUT2D eigenvalue weighted by molar-refractivity contribution is 0.0488. The van der Waals surface area contributed by atoms with Crippen LogP contribution < -0.4 is 0 Å². The second-order valence-electron chi connectivity index (χ2n) is 5.57. The smallest absolute Gasteiger partial charge is 0.341 e. The fourth-order valence-corrected chi connectivity index (χ4v) is 3.69. The van der Waals surface area contributed by atoms with Crippen molar-refractivity contribution < 1.29 is 27.1 Å². The minimum atomic E-state index is -3.80. The molecule has 1 aromatic carbocycles. The molecule has 26 heavy (non-hydrogen) atoms. The first-order chi connectivity index (χ1) is 12.2. The zero-order valence-electron chi connectivity index (χ0n) is 14.3. The molecule has 0 spiro atoms. The Labute approximate surface area is 155 Å². The highest BCUT2D eigenvalue weighted by Crippen LogP contribution is 2.19. The largest absolute Gasteiger partial charge is 0.462 e. The van der Waals surface area contributed by atoms with Crippen LogP contribution in [0.3, 0.4) is 0 Å². The summed E-state index contributed by atoms with van der Waals surface area (Å²) in [5.74, 6) is -1.90. The number of rotatable bonds is 8. The zero-order chi connectivity index (χ0) is 19.3. The number of benzene rings is 1. The topological polar surface area (TPSA) is 80.8 Å². The Morgan fingerprint density at radius 3 is 2.58 bits per heavy atom. The third kappa shape index (κ3) is 4.75. The maximum absolute atomic E-state index is 13.9. The van der Waals surface area contributed by atoms with Crippen LogP contribution >= 0.6 is 11.3 Å². The van der Waals surface area contributed by atoms with Gasteiger partial charge in [-0.25, -0.2) is 21.9 Å². The molecule has 0 aliphatic rings. The van der Waals surface area contributed by atoms with Crippen LogP contribution in [0, 0.1) is 5.82 Å². The number of Topliss-reactive ketones (excluding diaryl/α,β-unsaturated/α-hetero) is 1. The molecule has 0 fully saturated rings. The molecule has 0 radical (unpaired) electrons. The van der Waals surface area contributed by atoms with Crippen molar-refractivity contribution in [3.8, 4) is 0 Å². The van der Waals surface area contributed by atoms with Crippen LogP contribution in [-0.2, 0) is 14.8 Å². The van der Waals surface area contributed by atoms with Crippen LogP contribution in [-0.4, -0.2) is 45.2 Å². The predicted octanol–water partition coefficient (Wildman–Crippen LogP) is 2.96. The van der Waals surface area contributed by atoms with E-state index >= 15 is 0 Å². The predicted molar refractivity (Wildman–Crippen MR) is 95.4 cm³/mol. The van der Waals surface area contributed by atoms with E-state index in [1.54, 1.807) is 17.5 Å². The van der Waals surface area contributed by atoms with Gasteiger partial charge in [-0.2, -0.15) is 0 Å². The monoisotopic (exact) mass is 399 g/mol. The van der Waals surface area contributed by atoms with Crippen LogP contribution in [0.15, 0.2) is 40.6 Å². The highest BCUT2D eigenvalue weighted by atomic mass is 32.2. The standard InChI is InChI=1S/C17H18FNO5S2/c1-19(2)26(22,23)12-7-8-14(18)13(11-12)17(21)24-9-3-5-15(20)16-6-4-10-25-16/h4,6-8,10-11H,3,5,9H2,1-2H3. The van der Waals surface area contributed by atoms with Crippen LogP contribution in [0.4, 0.5) is 4.39 Å². The molecule has 0 amide bonds. The Bertz CT molecular complexity index is 892. The number of halogens is 1. The van der Waals surface area contributed by atoms with E-state index in [-0.39, 0.29) is 23.7 Å². The molecule has 140 valence electrons. The number of sulfonamides is 1. The summed E-state index contributed by atoms with van der Waals surface area (Å²) in [4.78, 5) is 24.3. The van der Waals surface area contributed by atoms with Gasteiger partial charge in [0.25, 0.3) is 0 Å². The van der Waals surface area contributed by atoms with Gasteiger partial charge in [-0.15, -0.1) is 11.3 Å². The number of ketones is 1. The summed E-state index contributed by atoms with van der Waals surface area (Å²) in [6.07, 6.45) is 0.491. The Balaban J connectivity index is 1.98. The molecule has 2 aromatic rings. The molecule has 1 heterocycles. The molecule has 0 aliphatic heterocycles. The first-order valence-electron chi connectivity index (χ1n) is 7.69. The Hall–Kier alpha value is -2.10. The average molecular weight is 399 g/mol. The van der Waals surface area contributed by atoms with E-state index in [0.29, 0.717) is 11.3 Å². The molecule has 0 bridgehead atoms. The minimum Gasteiger partial charge on any atom is -0.462 e. The van der Waals surface area contributed by atoms with Gasteiger partial charge in [0.15, 0.2) is 5.78 Å². The number of ether oxygens (including phenoxy) is 1. The van der Waals surface area contributed by atoms with Gasteiger partial charge in [0.1, 0.15) is 5.82 Å². The lowest BCUT2D eigenvalue weighted by Gasteiger charge is -2.12. The number of hydrogen-bond donors (Lipinski definition) is 0. The van der Waals surface area contributed by atoms with Gasteiger partial charge in [0.2, 0.25) is 10.0 Å². The molecule has 0 unspecified atom stereocenters. The summed E-state index contributed by atoms with van der Waals surface area (Å²) >= 11 is 1.33. The molecule has 0 saturated heterocycles. The Kier molecular flexibility index (Phi) is 6.63. The number of thiophene rings is 1. The van der Waals surface area contributed by atoms with Crippen molar-refractivity contribution in [1.29, 1.82) is 0 Å². The maximum atomic E-state index is 13.9. The van der Waals surface area contributed by atoms with Gasteiger partial charge in [-0.1, -0.05) is 6.07 Å². The molecule has 0 atom stereocenters. The first-order valence-corrected chi connectivity index (χ1v) is 10.0. The second kappa shape index (κ2) is 8.52. The number of esters is 1. The van der Waals surface area contributed by atoms with E-state index < -0.39 is 27.4 Å². The summed E-state index contributed by atoms with van der Waals surface area (Å²) in [5, 5.41) is 1.80. The highest BCUT2D eigenvalue weighted by molar-refractivity contribution is 7.89. The lowest BCUT2D eigenvalue weighted by Crippen LogP contribution is -2.22. The van der Waals surface area contributed by atoms with E-state index in [4.69, 9.17) is 4.74 Å². The number of nitrogens with zero attached hydrogens (tertiary/aromatic N) is 1. The molecule has 0 aliphatic carbocycles. The average Bonchev–Trinajstić information content (AvgIpc) is 3.13. The fraction of sp³-hybridized carbons (Fsp3) is 0.294. The van der Waals surface area contributed by atoms with Crippen molar-refractivity contribution in [2.24, 2.45) is 0 Å². The Morgan fingerprint density at radius 2 is 1.96 bits per heavy atom. The first kappa shape index (κ1) is 20.2. The third-order valence-electron chi connectivity index (χ3n) is 3.51. The van der Waals surface area contributed by atoms with Crippen molar-refractivity contribution >= 4 is 33.1 Å². The molecule has 0 saturated carbocycles. The van der Waals surface area contributed by atoms with Crippen LogP contribution in [0.25, 0.3) is 0 Å². The molecular formula is C17H18FNO5S2. The minimum absolute atomic E-state index is 0.0543. The van der Waals surface area contributed by atoms with Gasteiger partial charge in [0, 0.05) is 20.5 Å². The van der Waals surface area contributed by atoms with Crippen molar-refractivity contribution in [2.75, 3.05) is 20.7 Å². The van der Waals surface area contributed by atoms with Gasteiger partial charge in [-0.05, 0) is 36.1 Å². The van der Waals surface area contributed by atoms with E-state index in [1.165, 1.54) is 25.4 Å². The van der Waals surface area contributed by atoms with Crippen LogP contribution in [0.5, 0.6) is 0 Å². The number of hydrogen-bond acceptors (Lipinski definition) is 6. The van der Waals surface area contributed by atoms with Gasteiger partial charge in [0.05, 0.1) is 21.9 Å². The van der Waals surface area contributed by atoms with E-state index in [1.807, 2.05) is 0 Å². The quantitative estimate of drug-likeness (QED) is 0.387. The van der Waals surface area contributed by atoms with Crippen molar-refractivity contribution in [2.45, 2.75) is 17.7 Å². The summed E-state index contributed by atoms with van der Waals surface area (Å²) in [7, 11) is -1.13. The second-order valence-corrected chi connectivity index (χ2v) is 8.67. The third-order valence-corrected chi connectivity index (χ3v) is 6.24. The zero-order valence-corrected chi connectivity index (χ0v) is 15.9. The van der Waals surface area contributed by atoms with Gasteiger partial charge in [-0.3, -0.25) is 4.79 Å². The van der Waals surface area contributed by atoms with Crippen molar-refractivity contribution in [3.63, 3.8) is 0 Å². The van der Waals surface area contributed by atoms with Gasteiger partial charge >= 0.3 is 5.97 Å². The molecule has 9 heteroatoms. The van der Waals surface area contributed by atoms with Crippen LogP contribution in [0.2, 0.25) is 0 Å². The SMILES string of the molecule is CN(C)S(=O)(=O)c1ccc(F)c(C(=O)OCCCC(=O)c2cccs2)c1. The van der Waals surface area contributed by atoms with E-state index in [0.717, 1.165) is 22.5 Å². The van der Waals surface area contributed by atoms with Crippen molar-refractivity contribution in [3.05, 3.63) is 52.0 Å². The fourth-order valence-electron chi connectivity index (χ4n) is 2.07. The molecule has 1 aromatic heterocycles. The summed E-state index contributed by atoms with van der Waals surface area (Å²) < 4.78 is 44.0. The number of carbonyl (C=O) groups excluding carboxylic acids is 2. The Morgan fingerprint density at radius 1 is 1.23 bits per heavy atom. The van der Waals surface area contributed by atoms with E-state index in [9.17, 15) is 22.4 Å². The van der Waals surface area contributed by atoms with Gasteiger partial charge < -0.3 is 4.74 Å². The number of carbonyl (C=O) groups is 2. The molecule has 0 N–H and O–H groups in total. The van der Waals surface area contributed by atoms with E-state index in [2.05, 4.69) is 0 Å². The molecule has 2 rings (SSSR count). The summed E-state index contributed by atoms with van der Waals surface area (Å²) in [6, 6.07) is 6.43. The summed E-state index contributed by atoms with van der Waals surface area (Å²) in [5.41, 5.74) is -0.461. The highest BCUT2D eigenvalue weighted by Gasteiger charge is 2.22. The maximum Gasteiger partial charge on any atom is 0.341 e. The van der Waals surface area contributed by atoms with Crippen molar-refractivity contribution in [1.82, 2.24) is 4.31 Å². The van der Waals surface area contributed by atoms with Crippen LogP contribution in [0.1, 0.15) is 32.9 Å². The lowest BCUT2D eigenvalue weighted by atomic mass is 10.2. The summed E-state index contributed by atoms with van der Waals surface area (Å²) in [6.45, 7) is -0.0694. The normalized spacial score (nSPS) is 11.5. The molecular weight excluding hydrogens is 381 g/mol. The molecule has 6 nitrogen and oxygen atoms in total.